The molecule has 0 spiro atoms. The summed E-state index contributed by atoms with van der Waals surface area (Å²) in [5, 5.41) is 9.66. The molecule has 0 aliphatic heterocycles. The van der Waals surface area contributed by atoms with Crippen molar-refractivity contribution in [2.45, 2.75) is 13.0 Å². The van der Waals surface area contributed by atoms with Crippen LogP contribution >= 0.6 is 11.3 Å². The van der Waals surface area contributed by atoms with E-state index >= 15 is 0 Å². The van der Waals surface area contributed by atoms with Gasteiger partial charge < -0.3 is 10.6 Å². The number of benzene rings is 2. The number of hydrogen-bond donors (Lipinski definition) is 2. The van der Waals surface area contributed by atoms with E-state index in [-0.39, 0.29) is 17.9 Å². The lowest BCUT2D eigenvalue weighted by Crippen LogP contribution is -2.27. The third-order valence-electron chi connectivity index (χ3n) is 4.05. The molecule has 27 heavy (non-hydrogen) atoms. The molecular weight excluding hydrogens is 356 g/mol. The molecule has 136 valence electrons. The minimum atomic E-state index is -0.280. The Bertz CT molecular complexity index is 934. The number of amides is 2. The van der Waals surface area contributed by atoms with Crippen molar-refractivity contribution >= 4 is 34.9 Å². The quantitative estimate of drug-likeness (QED) is 0.602. The topological polar surface area (TPSA) is 58.2 Å². The van der Waals surface area contributed by atoms with Crippen LogP contribution < -0.4 is 10.6 Å². The molecule has 0 bridgehead atoms. The van der Waals surface area contributed by atoms with E-state index in [0.29, 0.717) is 11.3 Å². The van der Waals surface area contributed by atoms with Crippen LogP contribution in [0.1, 0.15) is 34.5 Å². The zero-order chi connectivity index (χ0) is 19.1. The number of anilines is 1. The van der Waals surface area contributed by atoms with Crippen LogP contribution in [0.5, 0.6) is 0 Å². The number of hydrogen-bond acceptors (Lipinski definition) is 3. The van der Waals surface area contributed by atoms with Gasteiger partial charge in [0, 0.05) is 6.08 Å². The number of carbonyl (C=O) groups excluding carboxylic acids is 2. The molecule has 2 N–H and O–H groups in total. The summed E-state index contributed by atoms with van der Waals surface area (Å²) in [5.41, 5.74) is 2.90. The molecule has 5 heteroatoms. The van der Waals surface area contributed by atoms with Gasteiger partial charge in [-0.25, -0.2) is 0 Å². The minimum absolute atomic E-state index is 0.138. The molecule has 0 aliphatic carbocycles. The second-order valence-electron chi connectivity index (χ2n) is 6.03. The van der Waals surface area contributed by atoms with Crippen LogP contribution in [0.4, 0.5) is 5.69 Å². The van der Waals surface area contributed by atoms with E-state index in [1.807, 2.05) is 54.1 Å². The van der Waals surface area contributed by atoms with Gasteiger partial charge in [-0.3, -0.25) is 9.59 Å². The van der Waals surface area contributed by atoms with E-state index in [4.69, 9.17) is 0 Å². The van der Waals surface area contributed by atoms with Gasteiger partial charge in [-0.1, -0.05) is 42.5 Å². The Kier molecular flexibility index (Phi) is 6.18. The second-order valence-corrected chi connectivity index (χ2v) is 6.81. The number of carbonyl (C=O) groups is 2. The lowest BCUT2D eigenvalue weighted by atomic mass is 10.1. The highest BCUT2D eigenvalue weighted by molar-refractivity contribution is 7.08. The average Bonchev–Trinajstić information content (AvgIpc) is 3.21. The Morgan fingerprint density at radius 3 is 2.48 bits per heavy atom. The fraction of sp³-hybridized carbons (Fsp3) is 0.0909. The normalized spacial score (nSPS) is 11.9. The zero-order valence-electron chi connectivity index (χ0n) is 14.9. The van der Waals surface area contributed by atoms with E-state index in [9.17, 15) is 9.59 Å². The summed E-state index contributed by atoms with van der Waals surface area (Å²) in [7, 11) is 0. The van der Waals surface area contributed by atoms with E-state index < -0.39 is 0 Å². The average molecular weight is 376 g/mol. The van der Waals surface area contributed by atoms with E-state index in [2.05, 4.69) is 10.6 Å². The van der Waals surface area contributed by atoms with Crippen LogP contribution in [-0.2, 0) is 4.79 Å². The zero-order valence-corrected chi connectivity index (χ0v) is 15.7. The number of thiophene rings is 1. The lowest BCUT2D eigenvalue weighted by Gasteiger charge is -2.16. The van der Waals surface area contributed by atoms with Gasteiger partial charge in [0.05, 0.1) is 17.3 Å². The molecule has 0 radical (unpaired) electrons. The molecule has 2 aromatic carbocycles. The van der Waals surface area contributed by atoms with Gasteiger partial charge in [0.2, 0.25) is 5.91 Å². The van der Waals surface area contributed by atoms with Gasteiger partial charge in [0.25, 0.3) is 5.91 Å². The number of rotatable bonds is 6. The molecule has 0 aliphatic rings. The highest BCUT2D eigenvalue weighted by atomic mass is 32.1. The lowest BCUT2D eigenvalue weighted by molar-refractivity contribution is -0.111. The Hall–Kier alpha value is -3.18. The first kappa shape index (κ1) is 18.6. The van der Waals surface area contributed by atoms with Crippen molar-refractivity contribution in [3.05, 3.63) is 94.2 Å². The fourth-order valence-electron chi connectivity index (χ4n) is 2.61. The molecule has 0 fully saturated rings. The summed E-state index contributed by atoms with van der Waals surface area (Å²) in [6, 6.07) is 18.5. The Balaban J connectivity index is 1.69. The summed E-state index contributed by atoms with van der Waals surface area (Å²) >= 11 is 1.57. The summed E-state index contributed by atoms with van der Waals surface area (Å²) in [6.45, 7) is 1.93. The van der Waals surface area contributed by atoms with Crippen molar-refractivity contribution in [3.63, 3.8) is 0 Å². The molecule has 3 aromatic rings. The first-order valence-corrected chi connectivity index (χ1v) is 9.54. The number of para-hydroxylation sites is 1. The largest absolute Gasteiger partial charge is 0.345 e. The monoisotopic (exact) mass is 376 g/mol. The van der Waals surface area contributed by atoms with Crippen LogP contribution in [0, 0.1) is 0 Å². The Morgan fingerprint density at radius 1 is 1.00 bits per heavy atom. The maximum Gasteiger partial charge on any atom is 0.253 e. The summed E-state index contributed by atoms with van der Waals surface area (Å²) in [6.07, 6.45) is 3.20. The summed E-state index contributed by atoms with van der Waals surface area (Å²) in [4.78, 5) is 24.9. The van der Waals surface area contributed by atoms with Crippen molar-refractivity contribution in [1.29, 1.82) is 0 Å². The maximum absolute atomic E-state index is 12.7. The molecule has 0 saturated carbocycles. The first-order valence-electron chi connectivity index (χ1n) is 8.59. The Morgan fingerprint density at radius 2 is 1.74 bits per heavy atom. The van der Waals surface area contributed by atoms with E-state index in [0.717, 1.165) is 11.1 Å². The molecule has 1 atom stereocenters. The number of nitrogens with one attached hydrogen (secondary N) is 2. The van der Waals surface area contributed by atoms with Crippen molar-refractivity contribution in [1.82, 2.24) is 5.32 Å². The molecule has 4 nitrogen and oxygen atoms in total. The highest BCUT2D eigenvalue weighted by Crippen LogP contribution is 2.18. The molecule has 0 saturated heterocycles. The van der Waals surface area contributed by atoms with Crippen molar-refractivity contribution in [3.8, 4) is 0 Å². The molecule has 1 unspecified atom stereocenters. The van der Waals surface area contributed by atoms with Gasteiger partial charge >= 0.3 is 0 Å². The smallest absolute Gasteiger partial charge is 0.253 e. The van der Waals surface area contributed by atoms with E-state index in [1.165, 1.54) is 6.08 Å². The van der Waals surface area contributed by atoms with Crippen molar-refractivity contribution in [2.75, 3.05) is 5.32 Å². The predicted octanol–water partition coefficient (Wildman–Crippen LogP) is 4.89. The third kappa shape index (κ3) is 5.15. The van der Waals surface area contributed by atoms with E-state index in [1.54, 1.807) is 41.7 Å². The molecule has 1 aromatic heterocycles. The molecule has 1 heterocycles. The SMILES string of the molecule is CC(NC(=O)c1ccccc1NC(=O)/C=C/c1ccsc1)c1ccccc1. The molecule has 3 rings (SSSR count). The second kappa shape index (κ2) is 8.96. The fourth-order valence-corrected chi connectivity index (χ4v) is 3.23. The predicted molar refractivity (Wildman–Crippen MR) is 111 cm³/mol. The van der Waals surface area contributed by atoms with Crippen LogP contribution in [0.3, 0.4) is 0 Å². The highest BCUT2D eigenvalue weighted by Gasteiger charge is 2.15. The minimum Gasteiger partial charge on any atom is -0.345 e. The van der Waals surface area contributed by atoms with Crippen LogP contribution in [-0.4, -0.2) is 11.8 Å². The summed E-state index contributed by atoms with van der Waals surface area (Å²) < 4.78 is 0. The van der Waals surface area contributed by atoms with Crippen LogP contribution in [0.15, 0.2) is 77.5 Å². The van der Waals surface area contributed by atoms with Crippen molar-refractivity contribution in [2.24, 2.45) is 0 Å². The first-order chi connectivity index (χ1) is 13.1. The van der Waals surface area contributed by atoms with Crippen LogP contribution in [0.2, 0.25) is 0 Å². The standard InChI is InChI=1S/C22H20N2O2S/c1-16(18-7-3-2-4-8-18)23-22(26)19-9-5-6-10-20(19)24-21(25)12-11-17-13-14-27-15-17/h2-16H,1H3,(H,23,26)(H,24,25)/b12-11+. The van der Waals surface area contributed by atoms with Gasteiger partial charge in [-0.15, -0.1) is 0 Å². The third-order valence-corrected chi connectivity index (χ3v) is 4.75. The van der Waals surface area contributed by atoms with Gasteiger partial charge in [-0.2, -0.15) is 11.3 Å². The van der Waals surface area contributed by atoms with Gasteiger partial charge in [0.1, 0.15) is 0 Å². The van der Waals surface area contributed by atoms with Crippen LogP contribution in [0.25, 0.3) is 6.08 Å². The van der Waals surface area contributed by atoms with Gasteiger partial charge in [-0.05, 0) is 53.1 Å². The molecular formula is C22H20N2O2S. The maximum atomic E-state index is 12.7. The Labute approximate surface area is 162 Å². The van der Waals surface area contributed by atoms with Crippen molar-refractivity contribution < 1.29 is 9.59 Å². The van der Waals surface area contributed by atoms with Gasteiger partial charge in [0.15, 0.2) is 0 Å². The molecule has 2 amide bonds. The summed E-state index contributed by atoms with van der Waals surface area (Å²) in [5.74, 6) is -0.512.